The number of para-hydroxylation sites is 1. The van der Waals surface area contributed by atoms with E-state index >= 15 is 0 Å². The summed E-state index contributed by atoms with van der Waals surface area (Å²) in [6, 6.07) is 12.4. The van der Waals surface area contributed by atoms with Crippen molar-refractivity contribution in [1.29, 1.82) is 0 Å². The fraction of sp³-hybridized carbons (Fsp3) is 0. The Kier molecular flexibility index (Phi) is 3.34. The van der Waals surface area contributed by atoms with Crippen molar-refractivity contribution in [1.82, 2.24) is 10.1 Å². The van der Waals surface area contributed by atoms with Gasteiger partial charge in [-0.25, -0.2) is 0 Å². The fourth-order valence-corrected chi connectivity index (χ4v) is 2.08. The number of hydrogen-bond donors (Lipinski definition) is 1. The first-order valence-electron chi connectivity index (χ1n) is 5.79. The number of nitrogen functional groups attached to an aromatic ring is 1. The van der Waals surface area contributed by atoms with Crippen LogP contribution in [0.15, 0.2) is 47.0 Å². The van der Waals surface area contributed by atoms with Gasteiger partial charge in [-0.2, -0.15) is 4.98 Å². The van der Waals surface area contributed by atoms with E-state index in [1.54, 1.807) is 24.3 Å². The molecule has 100 valence electrons. The topological polar surface area (TPSA) is 64.9 Å². The van der Waals surface area contributed by atoms with Crippen molar-refractivity contribution >= 4 is 28.9 Å². The maximum Gasteiger partial charge on any atom is 0.260 e. The van der Waals surface area contributed by atoms with E-state index in [-0.39, 0.29) is 0 Å². The highest BCUT2D eigenvalue weighted by Crippen LogP contribution is 2.29. The van der Waals surface area contributed by atoms with Gasteiger partial charge in [-0.05, 0) is 30.3 Å². The molecule has 2 N–H and O–H groups in total. The predicted octanol–water partition coefficient (Wildman–Crippen LogP) is 4.29. The van der Waals surface area contributed by atoms with Crippen molar-refractivity contribution in [2.75, 3.05) is 5.73 Å². The Balaban J connectivity index is 2.02. The fourth-order valence-electron chi connectivity index (χ4n) is 1.78. The summed E-state index contributed by atoms with van der Waals surface area (Å²) in [5, 5.41) is 4.85. The number of hydrogen-bond acceptors (Lipinski definition) is 4. The molecular formula is C14H9Cl2N3O. The molecule has 4 nitrogen and oxygen atoms in total. The van der Waals surface area contributed by atoms with Gasteiger partial charge in [-0.3, -0.25) is 0 Å². The minimum atomic E-state index is 0.365. The smallest absolute Gasteiger partial charge is 0.260 e. The summed E-state index contributed by atoms with van der Waals surface area (Å²) in [5.41, 5.74) is 7.88. The molecule has 0 amide bonds. The molecule has 2 aromatic carbocycles. The van der Waals surface area contributed by atoms with E-state index in [4.69, 9.17) is 33.5 Å². The highest BCUT2D eigenvalue weighted by atomic mass is 35.5. The summed E-state index contributed by atoms with van der Waals surface area (Å²) >= 11 is 11.9. The van der Waals surface area contributed by atoms with Gasteiger partial charge in [0.15, 0.2) is 0 Å². The van der Waals surface area contributed by atoms with Crippen LogP contribution in [0.3, 0.4) is 0 Å². The molecule has 1 heterocycles. The van der Waals surface area contributed by atoms with Crippen LogP contribution in [0.5, 0.6) is 0 Å². The number of rotatable bonds is 2. The molecule has 0 fully saturated rings. The van der Waals surface area contributed by atoms with Crippen LogP contribution in [-0.2, 0) is 0 Å². The zero-order valence-corrected chi connectivity index (χ0v) is 11.7. The maximum atomic E-state index is 5.97. The van der Waals surface area contributed by atoms with Crippen LogP contribution in [-0.4, -0.2) is 10.1 Å². The number of benzene rings is 2. The molecule has 0 radical (unpaired) electrons. The van der Waals surface area contributed by atoms with E-state index in [0.717, 1.165) is 5.56 Å². The second kappa shape index (κ2) is 5.15. The molecule has 3 rings (SSSR count). The van der Waals surface area contributed by atoms with Crippen molar-refractivity contribution in [3.8, 4) is 22.8 Å². The van der Waals surface area contributed by atoms with Crippen LogP contribution in [0.25, 0.3) is 22.8 Å². The van der Waals surface area contributed by atoms with Crippen molar-refractivity contribution in [2.24, 2.45) is 0 Å². The molecule has 0 aliphatic rings. The van der Waals surface area contributed by atoms with Crippen LogP contribution in [0.4, 0.5) is 5.69 Å². The van der Waals surface area contributed by atoms with E-state index < -0.39 is 0 Å². The first-order chi connectivity index (χ1) is 9.65. The summed E-state index contributed by atoms with van der Waals surface area (Å²) in [7, 11) is 0. The maximum absolute atomic E-state index is 5.97. The second-order valence-corrected chi connectivity index (χ2v) is 4.95. The van der Waals surface area contributed by atoms with Crippen molar-refractivity contribution < 1.29 is 4.52 Å². The van der Waals surface area contributed by atoms with E-state index in [0.29, 0.717) is 33.0 Å². The van der Waals surface area contributed by atoms with Crippen LogP contribution >= 0.6 is 23.2 Å². The van der Waals surface area contributed by atoms with Crippen LogP contribution in [0.1, 0.15) is 0 Å². The molecule has 0 aliphatic heterocycles. The van der Waals surface area contributed by atoms with Gasteiger partial charge >= 0.3 is 0 Å². The van der Waals surface area contributed by atoms with Crippen LogP contribution in [0.2, 0.25) is 10.0 Å². The van der Waals surface area contributed by atoms with Crippen molar-refractivity contribution in [3.63, 3.8) is 0 Å². The standard InChI is InChI=1S/C14H9Cl2N3O/c15-10-6-5-8(7-11(10)16)13-18-14(20-19-13)9-3-1-2-4-12(9)17/h1-7H,17H2. The number of aromatic nitrogens is 2. The summed E-state index contributed by atoms with van der Waals surface area (Å²) in [6.45, 7) is 0. The molecule has 0 bridgehead atoms. The molecule has 0 atom stereocenters. The minimum Gasteiger partial charge on any atom is -0.398 e. The van der Waals surface area contributed by atoms with E-state index in [1.165, 1.54) is 0 Å². The molecule has 3 aromatic rings. The van der Waals surface area contributed by atoms with Gasteiger partial charge < -0.3 is 10.3 Å². The Labute approximate surface area is 125 Å². The molecule has 0 unspecified atom stereocenters. The average Bonchev–Trinajstić information content (AvgIpc) is 2.92. The Bertz CT molecular complexity index is 771. The van der Waals surface area contributed by atoms with Gasteiger partial charge in [0.2, 0.25) is 5.82 Å². The van der Waals surface area contributed by atoms with Crippen LogP contribution < -0.4 is 5.73 Å². The highest BCUT2D eigenvalue weighted by Gasteiger charge is 2.13. The lowest BCUT2D eigenvalue weighted by Crippen LogP contribution is -1.89. The third-order valence-electron chi connectivity index (χ3n) is 2.80. The van der Waals surface area contributed by atoms with Gasteiger partial charge in [0.25, 0.3) is 5.89 Å². The molecule has 0 aliphatic carbocycles. The Morgan fingerprint density at radius 2 is 1.80 bits per heavy atom. The molecule has 1 aromatic heterocycles. The molecule has 0 saturated carbocycles. The van der Waals surface area contributed by atoms with Gasteiger partial charge in [-0.1, -0.05) is 40.5 Å². The van der Waals surface area contributed by atoms with E-state index in [1.807, 2.05) is 18.2 Å². The number of halogens is 2. The average molecular weight is 306 g/mol. The first-order valence-corrected chi connectivity index (χ1v) is 6.55. The third kappa shape index (κ3) is 2.35. The van der Waals surface area contributed by atoms with Gasteiger partial charge in [0.05, 0.1) is 15.6 Å². The van der Waals surface area contributed by atoms with Crippen LogP contribution in [0, 0.1) is 0 Å². The highest BCUT2D eigenvalue weighted by molar-refractivity contribution is 6.42. The lowest BCUT2D eigenvalue weighted by Gasteiger charge is -1.98. The summed E-state index contributed by atoms with van der Waals surface area (Å²) in [5.74, 6) is 0.797. The molecule has 6 heteroatoms. The number of nitrogens with two attached hydrogens (primary N) is 1. The number of nitrogens with zero attached hydrogens (tertiary/aromatic N) is 2. The second-order valence-electron chi connectivity index (χ2n) is 4.14. The predicted molar refractivity (Wildman–Crippen MR) is 79.6 cm³/mol. The molecular weight excluding hydrogens is 297 g/mol. The Morgan fingerprint density at radius 1 is 1.00 bits per heavy atom. The Hall–Kier alpha value is -2.04. The molecule has 20 heavy (non-hydrogen) atoms. The van der Waals surface area contributed by atoms with Crippen molar-refractivity contribution in [2.45, 2.75) is 0 Å². The quantitative estimate of drug-likeness (QED) is 0.717. The largest absolute Gasteiger partial charge is 0.398 e. The zero-order chi connectivity index (χ0) is 14.1. The zero-order valence-electron chi connectivity index (χ0n) is 10.2. The van der Waals surface area contributed by atoms with Crippen molar-refractivity contribution in [3.05, 3.63) is 52.5 Å². The SMILES string of the molecule is Nc1ccccc1-c1nc(-c2ccc(Cl)c(Cl)c2)no1. The minimum absolute atomic E-state index is 0.365. The first kappa shape index (κ1) is 13.0. The van der Waals surface area contributed by atoms with Gasteiger partial charge in [-0.15, -0.1) is 0 Å². The van der Waals surface area contributed by atoms with Gasteiger partial charge in [0, 0.05) is 11.3 Å². The summed E-state index contributed by atoms with van der Waals surface area (Å²) in [4.78, 5) is 4.32. The van der Waals surface area contributed by atoms with Gasteiger partial charge in [0.1, 0.15) is 0 Å². The molecule has 0 spiro atoms. The normalized spacial score (nSPS) is 10.7. The third-order valence-corrected chi connectivity index (χ3v) is 3.53. The lowest BCUT2D eigenvalue weighted by molar-refractivity contribution is 0.432. The summed E-state index contributed by atoms with van der Waals surface area (Å²) in [6.07, 6.45) is 0. The molecule has 0 saturated heterocycles. The number of anilines is 1. The summed E-state index contributed by atoms with van der Waals surface area (Å²) < 4.78 is 5.24. The van der Waals surface area contributed by atoms with E-state index in [9.17, 15) is 0 Å². The van der Waals surface area contributed by atoms with E-state index in [2.05, 4.69) is 10.1 Å². The monoisotopic (exact) mass is 305 g/mol. The lowest BCUT2D eigenvalue weighted by atomic mass is 10.2. The Morgan fingerprint density at radius 3 is 2.55 bits per heavy atom.